The van der Waals surface area contributed by atoms with E-state index < -0.39 is 43.3 Å². The second kappa shape index (κ2) is 8.33. The van der Waals surface area contributed by atoms with E-state index in [0.717, 1.165) is 0 Å². The van der Waals surface area contributed by atoms with Crippen LogP contribution in [-0.4, -0.2) is 75.9 Å². The Kier molecular flexibility index (Phi) is 6.06. The normalized spacial score (nSPS) is 27.7. The molecule has 10 nitrogen and oxygen atoms in total. The molecular weight excluding hydrogens is 376 g/mol. The Morgan fingerprint density at radius 1 is 1.18 bits per heavy atom. The number of hydrogen-bond donors (Lipinski definition) is 5. The number of rotatable bonds is 7. The summed E-state index contributed by atoms with van der Waals surface area (Å²) in [4.78, 5) is 11.0. The van der Waals surface area contributed by atoms with Gasteiger partial charge in [0.25, 0.3) is 0 Å². The van der Waals surface area contributed by atoms with Crippen LogP contribution in [0.1, 0.15) is 12.0 Å². The minimum Gasteiger partial charge on any atom is -0.490 e. The number of aryl methyl sites for hydroxylation is 1. The number of ether oxygens (including phenoxy) is 3. The van der Waals surface area contributed by atoms with Gasteiger partial charge in [0.2, 0.25) is 12.0 Å². The molecule has 5 atom stereocenters. The van der Waals surface area contributed by atoms with Gasteiger partial charge in [0, 0.05) is 11.8 Å². The maximum absolute atomic E-state index is 11.0. The van der Waals surface area contributed by atoms with Crippen molar-refractivity contribution in [3.05, 3.63) is 24.0 Å². The molecule has 1 aromatic carbocycles. The molecule has 154 valence electrons. The molecule has 0 spiro atoms. The molecular formula is C18H22O10. The summed E-state index contributed by atoms with van der Waals surface area (Å²) in [6.45, 7) is -0.606. The number of furan rings is 1. The zero-order valence-electron chi connectivity index (χ0n) is 15.0. The number of carbonyl (C=O) groups is 1. The predicted octanol–water partition coefficient (Wildman–Crippen LogP) is -0.363. The molecule has 2 aromatic rings. The molecule has 0 amide bonds. The van der Waals surface area contributed by atoms with Gasteiger partial charge in [0.1, 0.15) is 24.4 Å². The van der Waals surface area contributed by atoms with Crippen LogP contribution in [0.4, 0.5) is 0 Å². The van der Waals surface area contributed by atoms with Crippen molar-refractivity contribution in [2.45, 2.75) is 43.5 Å². The van der Waals surface area contributed by atoms with Gasteiger partial charge >= 0.3 is 5.97 Å². The Labute approximate surface area is 159 Å². The summed E-state index contributed by atoms with van der Waals surface area (Å²) >= 11 is 0. The lowest BCUT2D eigenvalue weighted by molar-refractivity contribution is -0.277. The van der Waals surface area contributed by atoms with Crippen LogP contribution in [0.5, 0.6) is 11.5 Å². The van der Waals surface area contributed by atoms with Gasteiger partial charge < -0.3 is 44.2 Å². The first-order valence-corrected chi connectivity index (χ1v) is 8.63. The lowest BCUT2D eigenvalue weighted by atomic mass is 9.99. The Morgan fingerprint density at radius 3 is 2.57 bits per heavy atom. The molecule has 1 aromatic heterocycles. The van der Waals surface area contributed by atoms with E-state index in [1.807, 2.05) is 0 Å². The van der Waals surface area contributed by atoms with Crippen molar-refractivity contribution in [2.75, 3.05) is 13.7 Å². The highest BCUT2D eigenvalue weighted by Crippen LogP contribution is 2.41. The Balaban J connectivity index is 2.00. The van der Waals surface area contributed by atoms with E-state index in [9.17, 15) is 25.2 Å². The third kappa shape index (κ3) is 3.77. The smallest absolute Gasteiger partial charge is 0.303 e. The van der Waals surface area contributed by atoms with Gasteiger partial charge in [-0.3, -0.25) is 4.79 Å². The van der Waals surface area contributed by atoms with E-state index in [4.69, 9.17) is 23.7 Å². The van der Waals surface area contributed by atoms with E-state index in [1.54, 1.807) is 12.1 Å². The highest BCUT2D eigenvalue weighted by Gasteiger charge is 2.45. The summed E-state index contributed by atoms with van der Waals surface area (Å²) in [6.07, 6.45) is -6.01. The quantitative estimate of drug-likeness (QED) is 0.417. The van der Waals surface area contributed by atoms with Gasteiger partial charge in [-0.25, -0.2) is 0 Å². The monoisotopic (exact) mass is 398 g/mol. The number of aliphatic hydroxyl groups excluding tert-OH is 4. The molecule has 0 saturated carbocycles. The van der Waals surface area contributed by atoms with Crippen LogP contribution in [0, 0.1) is 0 Å². The average Bonchev–Trinajstić information content (AvgIpc) is 3.14. The maximum Gasteiger partial charge on any atom is 0.303 e. The lowest BCUT2D eigenvalue weighted by Crippen LogP contribution is -2.60. The first kappa shape index (κ1) is 20.4. The second-order valence-electron chi connectivity index (χ2n) is 6.45. The van der Waals surface area contributed by atoms with Gasteiger partial charge in [0.15, 0.2) is 11.3 Å². The highest BCUT2D eigenvalue weighted by atomic mass is 16.7. The maximum atomic E-state index is 11.0. The molecule has 0 unspecified atom stereocenters. The van der Waals surface area contributed by atoms with Crippen molar-refractivity contribution in [2.24, 2.45) is 0 Å². The van der Waals surface area contributed by atoms with Crippen LogP contribution < -0.4 is 9.47 Å². The Bertz CT molecular complexity index is 829. The van der Waals surface area contributed by atoms with Crippen molar-refractivity contribution in [3.63, 3.8) is 0 Å². The van der Waals surface area contributed by atoms with Crippen LogP contribution in [0.25, 0.3) is 11.0 Å². The average molecular weight is 398 g/mol. The van der Waals surface area contributed by atoms with Crippen molar-refractivity contribution in [1.29, 1.82) is 0 Å². The van der Waals surface area contributed by atoms with Gasteiger partial charge in [0.05, 0.1) is 20.0 Å². The fourth-order valence-electron chi connectivity index (χ4n) is 3.14. The number of aliphatic hydroxyl groups is 4. The topological polar surface area (TPSA) is 159 Å². The summed E-state index contributed by atoms with van der Waals surface area (Å²) in [5, 5.41) is 49.1. The van der Waals surface area contributed by atoms with E-state index in [1.165, 1.54) is 13.4 Å². The van der Waals surface area contributed by atoms with Gasteiger partial charge in [-0.15, -0.1) is 0 Å². The number of aliphatic carboxylic acids is 1. The molecule has 0 radical (unpaired) electrons. The summed E-state index contributed by atoms with van der Waals surface area (Å²) in [6, 6.07) is 3.35. The largest absolute Gasteiger partial charge is 0.490 e. The number of carboxylic acids is 1. The molecule has 10 heteroatoms. The first-order chi connectivity index (χ1) is 13.4. The molecule has 2 heterocycles. The summed E-state index contributed by atoms with van der Waals surface area (Å²) in [5.41, 5.74) is 0.811. The third-order valence-corrected chi connectivity index (χ3v) is 4.62. The molecule has 0 aliphatic carbocycles. The fourth-order valence-corrected chi connectivity index (χ4v) is 3.14. The fraction of sp³-hybridized carbons (Fsp3) is 0.500. The van der Waals surface area contributed by atoms with Gasteiger partial charge in [-0.05, 0) is 24.1 Å². The molecule has 3 rings (SSSR count). The third-order valence-electron chi connectivity index (χ3n) is 4.62. The minimum absolute atomic E-state index is 0.0792. The predicted molar refractivity (Wildman–Crippen MR) is 93.1 cm³/mol. The molecule has 1 aliphatic heterocycles. The number of benzene rings is 1. The van der Waals surface area contributed by atoms with E-state index >= 15 is 0 Å². The molecule has 0 bridgehead atoms. The summed E-state index contributed by atoms with van der Waals surface area (Å²) < 4.78 is 21.9. The van der Waals surface area contributed by atoms with Crippen molar-refractivity contribution in [3.8, 4) is 11.5 Å². The molecule has 1 aliphatic rings. The van der Waals surface area contributed by atoms with Gasteiger partial charge in [-0.1, -0.05) is 0 Å². The Hall–Kier alpha value is -2.37. The molecule has 28 heavy (non-hydrogen) atoms. The van der Waals surface area contributed by atoms with Crippen LogP contribution in [0.15, 0.2) is 22.8 Å². The van der Waals surface area contributed by atoms with E-state index in [0.29, 0.717) is 16.5 Å². The first-order valence-electron chi connectivity index (χ1n) is 8.63. The van der Waals surface area contributed by atoms with Crippen LogP contribution in [0.3, 0.4) is 0 Å². The minimum atomic E-state index is -1.62. The number of methoxy groups -OCH3 is 1. The number of fused-ring (bicyclic) bond motifs is 1. The lowest BCUT2D eigenvalue weighted by Gasteiger charge is -2.39. The highest BCUT2D eigenvalue weighted by molar-refractivity contribution is 5.87. The van der Waals surface area contributed by atoms with E-state index in [2.05, 4.69) is 0 Å². The SMILES string of the molecule is COc1c(O[C@H]2O[C@H](CO)[C@@H](O)[C@H](O)[C@H]2O)c(CCC(=O)O)cc2ccoc12. The van der Waals surface area contributed by atoms with Gasteiger partial charge in [-0.2, -0.15) is 0 Å². The van der Waals surface area contributed by atoms with Crippen LogP contribution in [-0.2, 0) is 16.0 Å². The van der Waals surface area contributed by atoms with Crippen LogP contribution in [0.2, 0.25) is 0 Å². The second-order valence-corrected chi connectivity index (χ2v) is 6.45. The number of carboxylic acid groups (broad SMARTS) is 1. The Morgan fingerprint density at radius 2 is 1.93 bits per heavy atom. The number of hydrogen-bond acceptors (Lipinski definition) is 9. The summed E-state index contributed by atoms with van der Waals surface area (Å²) in [5.74, 6) is -0.763. The molecule has 1 saturated heterocycles. The summed E-state index contributed by atoms with van der Waals surface area (Å²) in [7, 11) is 1.37. The molecule has 1 fully saturated rings. The van der Waals surface area contributed by atoms with Crippen LogP contribution >= 0.6 is 0 Å². The standard InChI is InChI=1S/C18H22O10/c1-25-17-15-9(4-5-26-15)6-8(2-3-11(20)21)16(17)28-18-14(24)13(23)12(22)10(7-19)27-18/h4-6,10,12-14,18-19,22-24H,2-3,7H2,1H3,(H,20,21)/t10-,12-,13+,14-,18-/m1/s1. The van der Waals surface area contributed by atoms with Crippen molar-refractivity contribution < 1.29 is 49.0 Å². The molecule has 5 N–H and O–H groups in total. The zero-order valence-corrected chi connectivity index (χ0v) is 15.0. The van der Waals surface area contributed by atoms with Crippen molar-refractivity contribution >= 4 is 16.9 Å². The van der Waals surface area contributed by atoms with E-state index in [-0.39, 0.29) is 24.3 Å². The zero-order chi connectivity index (χ0) is 20.4. The van der Waals surface area contributed by atoms with Crippen molar-refractivity contribution in [1.82, 2.24) is 0 Å².